The lowest BCUT2D eigenvalue weighted by molar-refractivity contribution is 0.218. The van der Waals surface area contributed by atoms with Gasteiger partial charge in [-0.25, -0.2) is 8.42 Å². The SMILES string of the molecule is CC1CCC(C)N(S(=O)(=O)CCCNC(C)C)C1. The number of nitrogens with zero attached hydrogens (tertiary/aromatic N) is 1. The third-order valence-corrected chi connectivity index (χ3v) is 5.58. The summed E-state index contributed by atoms with van der Waals surface area (Å²) in [6, 6.07) is 0.589. The van der Waals surface area contributed by atoms with E-state index < -0.39 is 10.0 Å². The minimum Gasteiger partial charge on any atom is -0.314 e. The Balaban J connectivity index is 2.46. The molecule has 2 unspecified atom stereocenters. The number of sulfonamides is 1. The molecule has 108 valence electrons. The van der Waals surface area contributed by atoms with E-state index in [-0.39, 0.29) is 11.8 Å². The molecule has 1 saturated heterocycles. The van der Waals surface area contributed by atoms with Crippen molar-refractivity contribution in [1.29, 1.82) is 0 Å². The van der Waals surface area contributed by atoms with E-state index in [9.17, 15) is 8.42 Å². The first-order valence-electron chi connectivity index (χ1n) is 7.06. The fourth-order valence-electron chi connectivity index (χ4n) is 2.40. The molecule has 1 N–H and O–H groups in total. The maximum Gasteiger partial charge on any atom is 0.214 e. The average molecular weight is 276 g/mol. The average Bonchev–Trinajstić information content (AvgIpc) is 2.27. The maximum atomic E-state index is 12.3. The summed E-state index contributed by atoms with van der Waals surface area (Å²) in [5, 5.41) is 3.26. The van der Waals surface area contributed by atoms with Gasteiger partial charge in [0, 0.05) is 18.6 Å². The van der Waals surface area contributed by atoms with E-state index in [0.717, 1.165) is 19.4 Å². The Kier molecular flexibility index (Phi) is 6.08. The molecule has 0 spiro atoms. The van der Waals surface area contributed by atoms with Crippen LogP contribution in [0, 0.1) is 5.92 Å². The van der Waals surface area contributed by atoms with Crippen molar-refractivity contribution < 1.29 is 8.42 Å². The fraction of sp³-hybridized carbons (Fsp3) is 1.00. The quantitative estimate of drug-likeness (QED) is 0.753. The summed E-state index contributed by atoms with van der Waals surface area (Å²) in [5.74, 6) is 0.758. The van der Waals surface area contributed by atoms with Gasteiger partial charge < -0.3 is 5.32 Å². The zero-order valence-electron chi connectivity index (χ0n) is 12.1. The zero-order valence-corrected chi connectivity index (χ0v) is 13.0. The Hall–Kier alpha value is -0.130. The summed E-state index contributed by atoms with van der Waals surface area (Å²) in [5.41, 5.74) is 0. The lowest BCUT2D eigenvalue weighted by Crippen LogP contribution is -2.46. The van der Waals surface area contributed by atoms with E-state index in [0.29, 0.717) is 24.9 Å². The first-order chi connectivity index (χ1) is 8.33. The highest BCUT2D eigenvalue weighted by Crippen LogP contribution is 2.24. The molecule has 1 aliphatic rings. The molecule has 1 heterocycles. The van der Waals surface area contributed by atoms with Crippen LogP contribution in [-0.2, 0) is 10.0 Å². The van der Waals surface area contributed by atoms with Crippen molar-refractivity contribution in [3.8, 4) is 0 Å². The molecule has 1 rings (SSSR count). The van der Waals surface area contributed by atoms with Crippen molar-refractivity contribution in [1.82, 2.24) is 9.62 Å². The summed E-state index contributed by atoms with van der Waals surface area (Å²) >= 11 is 0. The third-order valence-electron chi connectivity index (χ3n) is 3.55. The fourth-order valence-corrected chi connectivity index (χ4v) is 4.28. The molecule has 0 aliphatic carbocycles. The van der Waals surface area contributed by atoms with E-state index in [2.05, 4.69) is 26.1 Å². The van der Waals surface area contributed by atoms with Gasteiger partial charge >= 0.3 is 0 Å². The Morgan fingerprint density at radius 1 is 1.28 bits per heavy atom. The molecule has 0 saturated carbocycles. The van der Waals surface area contributed by atoms with Crippen LogP contribution in [-0.4, -0.2) is 43.6 Å². The van der Waals surface area contributed by atoms with Gasteiger partial charge in [0.05, 0.1) is 5.75 Å². The van der Waals surface area contributed by atoms with Crippen molar-refractivity contribution >= 4 is 10.0 Å². The summed E-state index contributed by atoms with van der Waals surface area (Å²) < 4.78 is 26.3. The van der Waals surface area contributed by atoms with Gasteiger partial charge in [-0.15, -0.1) is 0 Å². The topological polar surface area (TPSA) is 49.4 Å². The van der Waals surface area contributed by atoms with Gasteiger partial charge in [-0.05, 0) is 38.6 Å². The largest absolute Gasteiger partial charge is 0.314 e. The number of hydrogen-bond acceptors (Lipinski definition) is 3. The van der Waals surface area contributed by atoms with Gasteiger partial charge in [-0.3, -0.25) is 0 Å². The normalized spacial score (nSPS) is 26.7. The van der Waals surface area contributed by atoms with Gasteiger partial charge in [0.2, 0.25) is 10.0 Å². The molecular formula is C13H28N2O2S. The molecule has 5 heteroatoms. The maximum absolute atomic E-state index is 12.3. The summed E-state index contributed by atoms with van der Waals surface area (Å²) in [7, 11) is -3.07. The van der Waals surface area contributed by atoms with E-state index in [1.807, 2.05) is 6.92 Å². The predicted octanol–water partition coefficient (Wildman–Crippen LogP) is 1.82. The van der Waals surface area contributed by atoms with Crippen LogP contribution < -0.4 is 5.32 Å². The van der Waals surface area contributed by atoms with Gasteiger partial charge in [0.1, 0.15) is 0 Å². The second-order valence-electron chi connectivity index (χ2n) is 5.88. The molecule has 2 atom stereocenters. The molecule has 0 radical (unpaired) electrons. The Morgan fingerprint density at radius 3 is 2.56 bits per heavy atom. The Bertz CT molecular complexity index is 341. The molecule has 1 aliphatic heterocycles. The molecule has 4 nitrogen and oxygen atoms in total. The van der Waals surface area contributed by atoms with Crippen LogP contribution in [0.5, 0.6) is 0 Å². The molecule has 0 aromatic heterocycles. The van der Waals surface area contributed by atoms with Crippen molar-refractivity contribution in [2.24, 2.45) is 5.92 Å². The third kappa shape index (κ3) is 4.86. The highest BCUT2D eigenvalue weighted by Gasteiger charge is 2.31. The molecule has 0 aromatic carbocycles. The van der Waals surface area contributed by atoms with Crippen LogP contribution in [0.2, 0.25) is 0 Å². The smallest absolute Gasteiger partial charge is 0.214 e. The van der Waals surface area contributed by atoms with Crippen molar-refractivity contribution in [3.05, 3.63) is 0 Å². The lowest BCUT2D eigenvalue weighted by atomic mass is 9.97. The number of rotatable bonds is 6. The van der Waals surface area contributed by atoms with Gasteiger partial charge in [-0.2, -0.15) is 4.31 Å². The molecule has 1 fully saturated rings. The second kappa shape index (κ2) is 6.87. The van der Waals surface area contributed by atoms with E-state index in [4.69, 9.17) is 0 Å². The van der Waals surface area contributed by atoms with Crippen molar-refractivity contribution in [2.45, 2.75) is 59.0 Å². The first-order valence-corrected chi connectivity index (χ1v) is 8.66. The minimum atomic E-state index is -3.07. The van der Waals surface area contributed by atoms with Crippen molar-refractivity contribution in [2.75, 3.05) is 18.8 Å². The second-order valence-corrected chi connectivity index (χ2v) is 7.92. The zero-order chi connectivity index (χ0) is 13.8. The van der Waals surface area contributed by atoms with Crippen LogP contribution in [0.3, 0.4) is 0 Å². The highest BCUT2D eigenvalue weighted by atomic mass is 32.2. The molecule has 0 aromatic rings. The van der Waals surface area contributed by atoms with Crippen LogP contribution in [0.4, 0.5) is 0 Å². The van der Waals surface area contributed by atoms with Crippen LogP contribution >= 0.6 is 0 Å². The predicted molar refractivity (Wildman–Crippen MR) is 76.1 cm³/mol. The van der Waals surface area contributed by atoms with E-state index in [1.165, 1.54) is 0 Å². The van der Waals surface area contributed by atoms with Gasteiger partial charge in [-0.1, -0.05) is 20.8 Å². The highest BCUT2D eigenvalue weighted by molar-refractivity contribution is 7.89. The number of hydrogen-bond donors (Lipinski definition) is 1. The summed E-state index contributed by atoms with van der Waals surface area (Å²) in [6.45, 7) is 9.77. The van der Waals surface area contributed by atoms with Crippen LogP contribution in [0.1, 0.15) is 47.0 Å². The van der Waals surface area contributed by atoms with Gasteiger partial charge in [0.15, 0.2) is 0 Å². The summed E-state index contributed by atoms with van der Waals surface area (Å²) in [6.07, 6.45) is 2.82. The molecule has 0 amide bonds. The lowest BCUT2D eigenvalue weighted by Gasteiger charge is -2.35. The Morgan fingerprint density at radius 2 is 1.94 bits per heavy atom. The van der Waals surface area contributed by atoms with Crippen LogP contribution in [0.15, 0.2) is 0 Å². The molecule has 0 bridgehead atoms. The number of piperidine rings is 1. The summed E-state index contributed by atoms with van der Waals surface area (Å²) in [4.78, 5) is 0. The Labute approximate surface area is 112 Å². The monoisotopic (exact) mass is 276 g/mol. The standard InChI is InChI=1S/C13H28N2O2S/c1-11(2)14-8-5-9-18(16,17)15-10-12(3)6-7-13(15)4/h11-14H,5-10H2,1-4H3. The van der Waals surface area contributed by atoms with Crippen LogP contribution in [0.25, 0.3) is 0 Å². The van der Waals surface area contributed by atoms with E-state index in [1.54, 1.807) is 4.31 Å². The number of nitrogens with one attached hydrogen (secondary N) is 1. The van der Waals surface area contributed by atoms with E-state index >= 15 is 0 Å². The first kappa shape index (κ1) is 15.9. The van der Waals surface area contributed by atoms with Gasteiger partial charge in [0.25, 0.3) is 0 Å². The molecular weight excluding hydrogens is 248 g/mol. The van der Waals surface area contributed by atoms with Crippen molar-refractivity contribution in [3.63, 3.8) is 0 Å². The minimum absolute atomic E-state index is 0.171. The molecule has 18 heavy (non-hydrogen) atoms.